The summed E-state index contributed by atoms with van der Waals surface area (Å²) in [5.74, 6) is -0.0145. The second kappa shape index (κ2) is 14.2. The Labute approximate surface area is 280 Å². The molecule has 3 aromatic carbocycles. The van der Waals surface area contributed by atoms with Crippen LogP contribution in [-0.2, 0) is 16.0 Å². The number of amides is 3. The van der Waals surface area contributed by atoms with E-state index in [2.05, 4.69) is 41.4 Å². The molecule has 14 nitrogen and oxygen atoms in total. The van der Waals surface area contributed by atoms with Crippen LogP contribution in [0.3, 0.4) is 0 Å². The van der Waals surface area contributed by atoms with Gasteiger partial charge in [0.2, 0.25) is 5.91 Å². The molecule has 0 saturated carbocycles. The molecule has 0 spiro atoms. The summed E-state index contributed by atoms with van der Waals surface area (Å²) in [6.07, 6.45) is 5.93. The number of hydrogen-bond donors (Lipinski definition) is 4. The van der Waals surface area contributed by atoms with Gasteiger partial charge in [0, 0.05) is 59.3 Å². The van der Waals surface area contributed by atoms with Gasteiger partial charge in [0.05, 0.1) is 30.7 Å². The summed E-state index contributed by atoms with van der Waals surface area (Å²) in [5.41, 5.74) is 5.30. The van der Waals surface area contributed by atoms with E-state index in [0.29, 0.717) is 64.2 Å². The first-order valence-corrected chi connectivity index (χ1v) is 15.3. The molecule has 0 radical (unpaired) electrons. The van der Waals surface area contributed by atoms with Crippen LogP contribution in [0, 0.1) is 0 Å². The smallest absolute Gasteiger partial charge is 0.411 e. The number of aromatic amines is 1. The Hall–Kier alpha value is -6.02. The van der Waals surface area contributed by atoms with Crippen molar-refractivity contribution in [1.82, 2.24) is 40.4 Å². The Morgan fingerprint density at radius 2 is 2.00 bits per heavy atom. The number of fused-ring (bicyclic) bond motifs is 6. The van der Waals surface area contributed by atoms with Crippen LogP contribution >= 0.6 is 11.6 Å². The number of tetrazole rings is 1. The molecule has 1 aliphatic heterocycles. The number of aromatic nitrogens is 6. The van der Waals surface area contributed by atoms with E-state index in [4.69, 9.17) is 16.3 Å². The van der Waals surface area contributed by atoms with Gasteiger partial charge in [-0.15, -0.1) is 5.10 Å². The van der Waals surface area contributed by atoms with Gasteiger partial charge in [0.15, 0.2) is 0 Å². The molecule has 1 aliphatic rings. The van der Waals surface area contributed by atoms with Crippen molar-refractivity contribution in [3.05, 3.63) is 107 Å². The van der Waals surface area contributed by atoms with Crippen molar-refractivity contribution < 1.29 is 19.1 Å². The van der Waals surface area contributed by atoms with Crippen LogP contribution in [0.5, 0.6) is 0 Å². The normalized spacial score (nSPS) is 14.8. The van der Waals surface area contributed by atoms with Crippen LogP contribution in [0.15, 0.2) is 79.3 Å². The summed E-state index contributed by atoms with van der Waals surface area (Å²) in [7, 11) is 3.03. The summed E-state index contributed by atoms with van der Waals surface area (Å²) in [6, 6.07) is 17.3. The van der Waals surface area contributed by atoms with Crippen molar-refractivity contribution in [1.29, 1.82) is 0 Å². The van der Waals surface area contributed by atoms with Crippen molar-refractivity contribution >= 4 is 47.0 Å². The molecule has 3 heterocycles. The molecular formula is C33H31ClN10O4. The molecular weight excluding hydrogens is 636 g/mol. The monoisotopic (exact) mass is 666 g/mol. The van der Waals surface area contributed by atoms with Gasteiger partial charge in [-0.25, -0.2) is 9.78 Å². The third kappa shape index (κ3) is 7.34. The molecule has 3 amide bonds. The molecule has 0 aliphatic carbocycles. The van der Waals surface area contributed by atoms with Crippen molar-refractivity contribution in [3.8, 4) is 16.9 Å². The fourth-order valence-corrected chi connectivity index (χ4v) is 5.49. The number of hydrogen-bond acceptors (Lipinski definition) is 9. The largest absolute Gasteiger partial charge is 0.453 e. The van der Waals surface area contributed by atoms with Gasteiger partial charge in [-0.2, -0.15) is 4.68 Å². The number of carbonyl (C=O) groups is 3. The fraction of sp³-hybridized carbons (Fsp3) is 0.182. The third-order valence-corrected chi connectivity index (χ3v) is 7.94. The number of imidazole rings is 1. The number of anilines is 2. The summed E-state index contributed by atoms with van der Waals surface area (Å²) < 4.78 is 6.22. The molecule has 15 heteroatoms. The first kappa shape index (κ1) is 31.9. The van der Waals surface area contributed by atoms with Crippen LogP contribution in [0.4, 0.5) is 16.2 Å². The average molecular weight is 667 g/mol. The van der Waals surface area contributed by atoms with Crippen LogP contribution in [0.2, 0.25) is 5.02 Å². The standard InChI is InChI=1S/C33H31ClN10O4/c1-43-13-12-35-26-17-24(38-33(47)48-2)8-9-25(26)28-18-36-31(40-28)27(15-20-4-3-5-22(14-20)32(43)46)39-30(45)11-6-21-16-23(34)7-10-29(21)44-19-37-41-42-44/h3-11,14,16-19,27,35H,12-13,15H2,1-2H3,(H,36,40)(H,38,47)(H,39,45). The lowest BCUT2D eigenvalue weighted by Gasteiger charge is -2.20. The number of rotatable bonds is 5. The second-order valence-corrected chi connectivity index (χ2v) is 11.4. The number of likely N-dealkylation sites (N-methyl/N-ethyl adjacent to an activating group) is 1. The molecule has 4 N–H and O–H groups in total. The van der Waals surface area contributed by atoms with Crippen molar-refractivity contribution in [2.24, 2.45) is 0 Å². The van der Waals surface area contributed by atoms with E-state index >= 15 is 0 Å². The molecule has 1 atom stereocenters. The van der Waals surface area contributed by atoms with Gasteiger partial charge >= 0.3 is 6.09 Å². The number of H-pyrrole nitrogens is 1. The first-order valence-electron chi connectivity index (χ1n) is 14.9. The van der Waals surface area contributed by atoms with Crippen LogP contribution in [0.25, 0.3) is 23.0 Å². The minimum atomic E-state index is -0.599. The zero-order valence-electron chi connectivity index (χ0n) is 26.0. The van der Waals surface area contributed by atoms with E-state index in [1.165, 1.54) is 24.2 Å². The molecule has 1 unspecified atom stereocenters. The minimum absolute atomic E-state index is 0.141. The van der Waals surface area contributed by atoms with Gasteiger partial charge in [-0.3, -0.25) is 14.9 Å². The molecule has 0 saturated heterocycles. The maximum atomic E-state index is 13.4. The number of nitrogens with zero attached hydrogens (tertiary/aromatic N) is 6. The van der Waals surface area contributed by atoms with E-state index in [0.717, 1.165) is 11.1 Å². The van der Waals surface area contributed by atoms with Crippen molar-refractivity contribution in [2.45, 2.75) is 12.5 Å². The molecule has 4 bridgehead atoms. The Balaban J connectivity index is 1.34. The highest BCUT2D eigenvalue weighted by atomic mass is 35.5. The highest BCUT2D eigenvalue weighted by molar-refractivity contribution is 6.30. The molecule has 48 heavy (non-hydrogen) atoms. The second-order valence-electron chi connectivity index (χ2n) is 11.0. The number of halogens is 1. The number of ether oxygens (including phenoxy) is 1. The molecule has 0 fully saturated rings. The van der Waals surface area contributed by atoms with Crippen LogP contribution < -0.4 is 16.0 Å². The highest BCUT2D eigenvalue weighted by Crippen LogP contribution is 2.31. The highest BCUT2D eigenvalue weighted by Gasteiger charge is 2.21. The zero-order chi connectivity index (χ0) is 33.6. The molecule has 6 rings (SSSR count). The van der Waals surface area contributed by atoms with Crippen LogP contribution in [0.1, 0.15) is 33.4 Å². The maximum absolute atomic E-state index is 13.4. The predicted octanol–water partition coefficient (Wildman–Crippen LogP) is 4.50. The maximum Gasteiger partial charge on any atom is 0.411 e. The summed E-state index contributed by atoms with van der Waals surface area (Å²) in [4.78, 5) is 48.3. The van der Waals surface area contributed by atoms with E-state index in [-0.39, 0.29) is 11.8 Å². The van der Waals surface area contributed by atoms with Gasteiger partial charge in [-0.05, 0) is 77.0 Å². The van der Waals surface area contributed by atoms with Crippen molar-refractivity contribution in [2.75, 3.05) is 37.9 Å². The average Bonchev–Trinajstić information content (AvgIpc) is 3.80. The van der Waals surface area contributed by atoms with E-state index < -0.39 is 12.1 Å². The number of nitrogens with one attached hydrogen (secondary N) is 4. The lowest BCUT2D eigenvalue weighted by atomic mass is 10.0. The fourth-order valence-electron chi connectivity index (χ4n) is 5.31. The topological polar surface area (TPSA) is 172 Å². The zero-order valence-corrected chi connectivity index (χ0v) is 26.7. The van der Waals surface area contributed by atoms with Gasteiger partial charge < -0.3 is 25.3 Å². The summed E-state index contributed by atoms with van der Waals surface area (Å²) in [5, 5.41) is 20.9. The number of methoxy groups -OCH3 is 1. The Kier molecular flexibility index (Phi) is 9.43. The molecule has 244 valence electrons. The third-order valence-electron chi connectivity index (χ3n) is 7.71. The Bertz CT molecular complexity index is 1990. The number of carbonyl (C=O) groups excluding carboxylic acids is 3. The minimum Gasteiger partial charge on any atom is -0.453 e. The lowest BCUT2D eigenvalue weighted by molar-refractivity contribution is -0.117. The summed E-state index contributed by atoms with van der Waals surface area (Å²) in [6.45, 7) is 0.850. The van der Waals surface area contributed by atoms with E-state index in [1.54, 1.807) is 60.6 Å². The summed E-state index contributed by atoms with van der Waals surface area (Å²) >= 11 is 6.26. The lowest BCUT2D eigenvalue weighted by Crippen LogP contribution is -2.31. The van der Waals surface area contributed by atoms with Gasteiger partial charge in [0.25, 0.3) is 5.91 Å². The number of benzene rings is 3. The van der Waals surface area contributed by atoms with Gasteiger partial charge in [0.1, 0.15) is 12.2 Å². The van der Waals surface area contributed by atoms with E-state index in [9.17, 15) is 14.4 Å². The predicted molar refractivity (Wildman–Crippen MR) is 180 cm³/mol. The molecule has 2 aromatic heterocycles. The quantitative estimate of drug-likeness (QED) is 0.197. The van der Waals surface area contributed by atoms with Crippen molar-refractivity contribution in [3.63, 3.8) is 0 Å². The Morgan fingerprint density at radius 1 is 1.12 bits per heavy atom. The van der Waals surface area contributed by atoms with E-state index in [1.807, 2.05) is 24.3 Å². The van der Waals surface area contributed by atoms with Crippen LogP contribution in [-0.4, -0.2) is 80.2 Å². The SMILES string of the molecule is COC(=O)Nc1ccc2c(c1)NCCN(C)C(=O)c1cccc(c1)CC(NC(=O)C=Cc1cc(Cl)ccc1-n1cnnn1)c1ncc-2[nH]1. The molecule has 5 aromatic rings. The Morgan fingerprint density at radius 3 is 2.81 bits per heavy atom. The first-order chi connectivity index (χ1) is 23.3. The van der Waals surface area contributed by atoms with Gasteiger partial charge in [-0.1, -0.05) is 23.7 Å².